The van der Waals surface area contributed by atoms with Crippen molar-refractivity contribution in [3.05, 3.63) is 0 Å². The van der Waals surface area contributed by atoms with Crippen molar-refractivity contribution in [3.63, 3.8) is 0 Å². The van der Waals surface area contributed by atoms with Crippen molar-refractivity contribution < 1.29 is 9.53 Å². The minimum absolute atomic E-state index is 0.0378. The van der Waals surface area contributed by atoms with Gasteiger partial charge in [-0.25, -0.2) is 5.84 Å². The first-order chi connectivity index (χ1) is 6.92. The Morgan fingerprint density at radius 3 is 2.20 bits per heavy atom. The summed E-state index contributed by atoms with van der Waals surface area (Å²) < 4.78 is 5.88. The van der Waals surface area contributed by atoms with Gasteiger partial charge in [0.2, 0.25) is 5.91 Å². The fraction of sp³-hybridized carbons (Fsp3) is 0.909. The van der Waals surface area contributed by atoms with Crippen LogP contribution in [0.15, 0.2) is 0 Å². The molecule has 88 valence electrons. The molecule has 0 saturated heterocycles. The summed E-state index contributed by atoms with van der Waals surface area (Å²) in [6, 6.07) is 0. The molecule has 0 atom stereocenters. The molecule has 0 aromatic rings. The summed E-state index contributed by atoms with van der Waals surface area (Å²) in [7, 11) is 0. The van der Waals surface area contributed by atoms with Crippen molar-refractivity contribution in [2.24, 2.45) is 11.8 Å². The second-order valence-corrected chi connectivity index (χ2v) is 5.21. The lowest BCUT2D eigenvalue weighted by atomic mass is 9.86. The first-order valence-electron chi connectivity index (χ1n) is 5.60. The maximum absolute atomic E-state index is 11.3. The predicted octanol–water partition coefficient (Wildman–Crippen LogP) is 1.35. The van der Waals surface area contributed by atoms with Gasteiger partial charge in [0, 0.05) is 5.92 Å². The molecule has 0 aliphatic heterocycles. The molecule has 1 rings (SSSR count). The van der Waals surface area contributed by atoms with Gasteiger partial charge in [-0.05, 0) is 46.5 Å². The topological polar surface area (TPSA) is 64.3 Å². The van der Waals surface area contributed by atoms with E-state index in [1.54, 1.807) is 0 Å². The van der Waals surface area contributed by atoms with Gasteiger partial charge in [0.25, 0.3) is 0 Å². The van der Waals surface area contributed by atoms with Crippen LogP contribution in [0.4, 0.5) is 0 Å². The zero-order valence-electron chi connectivity index (χ0n) is 9.88. The van der Waals surface area contributed by atoms with Crippen LogP contribution >= 0.6 is 0 Å². The van der Waals surface area contributed by atoms with Crippen LogP contribution in [0.5, 0.6) is 0 Å². The van der Waals surface area contributed by atoms with Gasteiger partial charge in [-0.3, -0.25) is 10.2 Å². The van der Waals surface area contributed by atoms with E-state index in [1.165, 1.54) is 0 Å². The molecule has 1 aliphatic carbocycles. The van der Waals surface area contributed by atoms with Crippen LogP contribution in [0.2, 0.25) is 0 Å². The molecule has 15 heavy (non-hydrogen) atoms. The van der Waals surface area contributed by atoms with Crippen LogP contribution in [-0.2, 0) is 9.53 Å². The lowest BCUT2D eigenvalue weighted by molar-refractivity contribution is -0.128. The highest BCUT2D eigenvalue weighted by molar-refractivity contribution is 5.77. The summed E-state index contributed by atoms with van der Waals surface area (Å²) in [5, 5.41) is 0. The Balaban J connectivity index is 2.33. The second-order valence-electron chi connectivity index (χ2n) is 5.21. The Morgan fingerprint density at radius 1 is 1.27 bits per heavy atom. The fourth-order valence-electron chi connectivity index (χ4n) is 2.06. The number of nitrogens with two attached hydrogens (primary N) is 1. The average Bonchev–Trinajstić information content (AvgIpc) is 2.15. The van der Waals surface area contributed by atoms with E-state index in [0.29, 0.717) is 6.10 Å². The van der Waals surface area contributed by atoms with Crippen LogP contribution in [0.25, 0.3) is 0 Å². The molecule has 4 nitrogen and oxygen atoms in total. The molecule has 1 aliphatic rings. The molecule has 0 bridgehead atoms. The summed E-state index contributed by atoms with van der Waals surface area (Å²) in [5.41, 5.74) is 2.13. The van der Waals surface area contributed by atoms with E-state index in [1.807, 2.05) is 0 Å². The van der Waals surface area contributed by atoms with Gasteiger partial charge < -0.3 is 4.74 Å². The number of hydrogen-bond acceptors (Lipinski definition) is 3. The van der Waals surface area contributed by atoms with E-state index < -0.39 is 0 Å². The Bertz CT molecular complexity index is 215. The van der Waals surface area contributed by atoms with Gasteiger partial charge in [-0.1, -0.05) is 0 Å². The van der Waals surface area contributed by atoms with E-state index in [0.717, 1.165) is 25.7 Å². The zero-order chi connectivity index (χ0) is 11.5. The van der Waals surface area contributed by atoms with E-state index in [9.17, 15) is 4.79 Å². The highest BCUT2D eigenvalue weighted by atomic mass is 16.5. The van der Waals surface area contributed by atoms with Gasteiger partial charge in [-0.15, -0.1) is 0 Å². The number of carbonyl (C=O) groups excluding carboxylic acids is 1. The van der Waals surface area contributed by atoms with Crippen LogP contribution in [-0.4, -0.2) is 17.6 Å². The number of hydrazine groups is 1. The van der Waals surface area contributed by atoms with Gasteiger partial charge in [-0.2, -0.15) is 0 Å². The third-order valence-electron chi connectivity index (χ3n) is 2.71. The molecule has 3 N–H and O–H groups in total. The summed E-state index contributed by atoms with van der Waals surface area (Å²) in [4.78, 5) is 11.3. The molecule has 1 amide bonds. The highest BCUT2D eigenvalue weighted by Gasteiger charge is 2.28. The van der Waals surface area contributed by atoms with Gasteiger partial charge in [0.15, 0.2) is 0 Å². The van der Waals surface area contributed by atoms with Crippen LogP contribution < -0.4 is 11.3 Å². The van der Waals surface area contributed by atoms with Crippen molar-refractivity contribution in [1.82, 2.24) is 5.43 Å². The van der Waals surface area contributed by atoms with E-state index >= 15 is 0 Å². The molecule has 1 saturated carbocycles. The standard InChI is InChI=1S/C11H22N2O2/c1-11(2,3)15-9-6-4-8(5-7-9)10(14)13-12/h8-9H,4-7,12H2,1-3H3,(H,13,14). The lowest BCUT2D eigenvalue weighted by Crippen LogP contribution is -2.39. The molecule has 0 unspecified atom stereocenters. The van der Waals surface area contributed by atoms with Crippen molar-refractivity contribution in [2.75, 3.05) is 0 Å². The monoisotopic (exact) mass is 214 g/mol. The van der Waals surface area contributed by atoms with Crippen LogP contribution in [0, 0.1) is 5.92 Å². The molecule has 0 heterocycles. The Labute approximate surface area is 91.5 Å². The first kappa shape index (κ1) is 12.5. The molecular formula is C11H22N2O2. The predicted molar refractivity (Wildman–Crippen MR) is 58.9 cm³/mol. The van der Waals surface area contributed by atoms with Gasteiger partial charge >= 0.3 is 0 Å². The van der Waals surface area contributed by atoms with E-state index in [4.69, 9.17) is 10.6 Å². The highest BCUT2D eigenvalue weighted by Crippen LogP contribution is 2.28. The molecule has 0 radical (unpaired) electrons. The maximum atomic E-state index is 11.3. The number of hydrogen-bond donors (Lipinski definition) is 2. The number of ether oxygens (including phenoxy) is 1. The van der Waals surface area contributed by atoms with Crippen molar-refractivity contribution >= 4 is 5.91 Å². The maximum Gasteiger partial charge on any atom is 0.236 e. The number of nitrogens with one attached hydrogen (secondary N) is 1. The van der Waals surface area contributed by atoms with Crippen molar-refractivity contribution in [3.8, 4) is 0 Å². The second kappa shape index (κ2) is 4.94. The smallest absolute Gasteiger partial charge is 0.236 e. The van der Waals surface area contributed by atoms with Gasteiger partial charge in [0.1, 0.15) is 0 Å². The normalized spacial score (nSPS) is 27.5. The lowest BCUT2D eigenvalue weighted by Gasteiger charge is -2.32. The third kappa shape index (κ3) is 4.18. The van der Waals surface area contributed by atoms with E-state index in [2.05, 4.69) is 26.2 Å². The Morgan fingerprint density at radius 2 is 1.80 bits per heavy atom. The fourth-order valence-corrected chi connectivity index (χ4v) is 2.06. The quantitative estimate of drug-likeness (QED) is 0.414. The van der Waals surface area contributed by atoms with Crippen LogP contribution in [0.1, 0.15) is 46.5 Å². The number of rotatable bonds is 2. The number of carbonyl (C=O) groups is 1. The Hall–Kier alpha value is -0.610. The molecule has 0 aromatic heterocycles. The molecule has 4 heteroatoms. The SMILES string of the molecule is CC(C)(C)OC1CCC(C(=O)NN)CC1. The summed E-state index contributed by atoms with van der Waals surface area (Å²) in [6.45, 7) is 6.18. The van der Waals surface area contributed by atoms with Gasteiger partial charge in [0.05, 0.1) is 11.7 Å². The minimum Gasteiger partial charge on any atom is -0.373 e. The first-order valence-corrected chi connectivity index (χ1v) is 5.60. The summed E-state index contributed by atoms with van der Waals surface area (Å²) in [5.74, 6) is 5.15. The van der Waals surface area contributed by atoms with Crippen molar-refractivity contribution in [1.29, 1.82) is 0 Å². The largest absolute Gasteiger partial charge is 0.373 e. The Kier molecular flexibility index (Phi) is 4.11. The third-order valence-corrected chi connectivity index (χ3v) is 2.71. The summed E-state index contributed by atoms with van der Waals surface area (Å²) in [6.07, 6.45) is 3.96. The van der Waals surface area contributed by atoms with Crippen molar-refractivity contribution in [2.45, 2.75) is 58.2 Å². The summed E-state index contributed by atoms with van der Waals surface area (Å²) >= 11 is 0. The molecule has 0 spiro atoms. The average molecular weight is 214 g/mol. The molecule has 1 fully saturated rings. The van der Waals surface area contributed by atoms with Crippen LogP contribution in [0.3, 0.4) is 0 Å². The number of amides is 1. The zero-order valence-corrected chi connectivity index (χ0v) is 9.88. The molecular weight excluding hydrogens is 192 g/mol. The van der Waals surface area contributed by atoms with E-state index in [-0.39, 0.29) is 17.4 Å². The minimum atomic E-state index is -0.0897. The molecule has 0 aromatic carbocycles.